The first-order valence-corrected chi connectivity index (χ1v) is 9.46. The van der Waals surface area contributed by atoms with Gasteiger partial charge in [0.05, 0.1) is 35.8 Å². The summed E-state index contributed by atoms with van der Waals surface area (Å²) in [7, 11) is 0. The van der Waals surface area contributed by atoms with Gasteiger partial charge in [0.1, 0.15) is 0 Å². The molecular formula is C20H18BrN5O2. The molecule has 3 aromatic rings. The summed E-state index contributed by atoms with van der Waals surface area (Å²) in [5.41, 5.74) is 2.02. The van der Waals surface area contributed by atoms with E-state index in [4.69, 9.17) is 10.00 Å². The predicted molar refractivity (Wildman–Crippen MR) is 109 cm³/mol. The van der Waals surface area contributed by atoms with E-state index in [1.54, 1.807) is 23.0 Å². The Labute approximate surface area is 171 Å². The Morgan fingerprint density at radius 1 is 1.32 bits per heavy atom. The predicted octanol–water partition coefficient (Wildman–Crippen LogP) is 4.27. The van der Waals surface area contributed by atoms with Gasteiger partial charge >= 0.3 is 0 Å². The Morgan fingerprint density at radius 2 is 2.11 bits per heavy atom. The molecule has 1 N–H and O–H groups in total. The lowest BCUT2D eigenvalue weighted by molar-refractivity contribution is 0.102. The zero-order valence-electron chi connectivity index (χ0n) is 15.2. The number of ether oxygens (including phenoxy) is 1. The van der Waals surface area contributed by atoms with Crippen LogP contribution in [0.3, 0.4) is 0 Å². The lowest BCUT2D eigenvalue weighted by Gasteiger charge is -2.11. The van der Waals surface area contributed by atoms with Crippen LogP contribution in [0.2, 0.25) is 0 Å². The molecule has 0 aliphatic rings. The molecule has 7 nitrogen and oxygen atoms in total. The summed E-state index contributed by atoms with van der Waals surface area (Å²) in [5, 5.41) is 15.7. The molecule has 1 aromatic carbocycles. The monoisotopic (exact) mass is 439 g/mol. The molecule has 142 valence electrons. The van der Waals surface area contributed by atoms with E-state index in [9.17, 15) is 4.79 Å². The first kappa shape index (κ1) is 19.6. The van der Waals surface area contributed by atoms with Crippen molar-refractivity contribution < 1.29 is 9.53 Å². The first-order chi connectivity index (χ1) is 13.6. The van der Waals surface area contributed by atoms with Crippen LogP contribution >= 0.6 is 15.9 Å². The largest absolute Gasteiger partial charge is 0.490 e. The molecule has 0 bridgehead atoms. The van der Waals surface area contributed by atoms with E-state index in [2.05, 4.69) is 37.4 Å². The number of amides is 1. The van der Waals surface area contributed by atoms with Gasteiger partial charge in [0.25, 0.3) is 5.91 Å². The first-order valence-electron chi connectivity index (χ1n) is 8.67. The topological polar surface area (TPSA) is 92.8 Å². The van der Waals surface area contributed by atoms with Crippen LogP contribution < -0.4 is 10.1 Å². The molecule has 0 radical (unpaired) electrons. The number of halogens is 1. The molecule has 28 heavy (non-hydrogen) atoms. The summed E-state index contributed by atoms with van der Waals surface area (Å²) >= 11 is 3.41. The van der Waals surface area contributed by atoms with E-state index in [0.717, 1.165) is 10.2 Å². The number of carbonyl (C=O) groups excluding carboxylic acids is 1. The van der Waals surface area contributed by atoms with Gasteiger partial charge in [-0.15, -0.1) is 0 Å². The number of nitrogens with zero attached hydrogens (tertiary/aromatic N) is 4. The van der Waals surface area contributed by atoms with Gasteiger partial charge in [0.2, 0.25) is 0 Å². The van der Waals surface area contributed by atoms with Crippen molar-refractivity contribution in [3.63, 3.8) is 0 Å². The summed E-state index contributed by atoms with van der Waals surface area (Å²) in [4.78, 5) is 16.9. The summed E-state index contributed by atoms with van der Waals surface area (Å²) in [6, 6.07) is 13.2. The number of carbonyl (C=O) groups is 1. The smallest absolute Gasteiger partial charge is 0.260 e. The average Bonchev–Trinajstić information content (AvgIpc) is 3.08. The second-order valence-corrected chi connectivity index (χ2v) is 6.86. The highest BCUT2D eigenvalue weighted by Crippen LogP contribution is 2.23. The zero-order chi connectivity index (χ0) is 19.9. The van der Waals surface area contributed by atoms with Gasteiger partial charge in [0, 0.05) is 17.1 Å². The quantitative estimate of drug-likeness (QED) is 0.554. The Hall–Kier alpha value is -3.18. The molecule has 0 aliphatic heterocycles. The maximum atomic E-state index is 12.8. The standard InChI is InChI=1S/C20H18BrN5O2/c1-14-17(13-24-26(14)16-8-6-15(21)7-9-16)20(27)25-19-18(5-4-11-23-19)28-12-3-2-10-22/h4-9,11,13H,2-3,12H2,1H3,(H,23,25,27). The minimum absolute atomic E-state index is 0.318. The molecular weight excluding hydrogens is 422 g/mol. The van der Waals surface area contributed by atoms with E-state index >= 15 is 0 Å². The van der Waals surface area contributed by atoms with Crippen LogP contribution in [-0.2, 0) is 0 Å². The molecule has 1 amide bonds. The maximum absolute atomic E-state index is 12.8. The number of aromatic nitrogens is 3. The van der Waals surface area contributed by atoms with Crippen molar-refractivity contribution in [1.29, 1.82) is 5.26 Å². The molecule has 2 aromatic heterocycles. The number of nitriles is 1. The second-order valence-electron chi connectivity index (χ2n) is 5.95. The van der Waals surface area contributed by atoms with Gasteiger partial charge < -0.3 is 10.1 Å². The lowest BCUT2D eigenvalue weighted by Crippen LogP contribution is -2.15. The van der Waals surface area contributed by atoms with Crippen molar-refractivity contribution in [2.45, 2.75) is 19.8 Å². The molecule has 0 saturated heterocycles. The van der Waals surface area contributed by atoms with Crippen molar-refractivity contribution in [2.75, 3.05) is 11.9 Å². The van der Waals surface area contributed by atoms with Crippen LogP contribution in [0.15, 0.2) is 53.3 Å². The maximum Gasteiger partial charge on any atom is 0.260 e. The van der Waals surface area contributed by atoms with Gasteiger partial charge in [-0.1, -0.05) is 15.9 Å². The third-order valence-electron chi connectivity index (χ3n) is 4.02. The SMILES string of the molecule is Cc1c(C(=O)Nc2ncccc2OCCCC#N)cnn1-c1ccc(Br)cc1. The summed E-state index contributed by atoms with van der Waals surface area (Å²) in [6.07, 6.45) is 4.13. The Balaban J connectivity index is 1.76. The van der Waals surface area contributed by atoms with Crippen LogP contribution in [0.25, 0.3) is 5.69 Å². The third kappa shape index (κ3) is 4.56. The second kappa shape index (κ2) is 9.15. The van der Waals surface area contributed by atoms with Crippen LogP contribution in [0.1, 0.15) is 28.9 Å². The van der Waals surface area contributed by atoms with Gasteiger partial charge in [-0.2, -0.15) is 10.4 Å². The number of rotatable bonds is 7. The van der Waals surface area contributed by atoms with E-state index in [-0.39, 0.29) is 5.91 Å². The van der Waals surface area contributed by atoms with Gasteiger partial charge in [-0.25, -0.2) is 9.67 Å². The fourth-order valence-corrected chi connectivity index (χ4v) is 2.85. The van der Waals surface area contributed by atoms with Crippen molar-refractivity contribution in [2.24, 2.45) is 0 Å². The van der Waals surface area contributed by atoms with E-state index < -0.39 is 0 Å². The molecule has 0 saturated carbocycles. The van der Waals surface area contributed by atoms with E-state index in [0.29, 0.717) is 42.3 Å². The van der Waals surface area contributed by atoms with Crippen molar-refractivity contribution in [3.05, 3.63) is 64.5 Å². The van der Waals surface area contributed by atoms with Crippen LogP contribution in [0, 0.1) is 18.3 Å². The Kier molecular flexibility index (Phi) is 6.40. The number of unbranched alkanes of at least 4 members (excludes halogenated alkanes) is 1. The summed E-state index contributed by atoms with van der Waals surface area (Å²) in [6.45, 7) is 2.21. The average molecular weight is 440 g/mol. The molecule has 0 unspecified atom stereocenters. The normalized spacial score (nSPS) is 10.3. The molecule has 8 heteroatoms. The van der Waals surface area contributed by atoms with E-state index in [1.165, 1.54) is 6.20 Å². The summed E-state index contributed by atoms with van der Waals surface area (Å²) in [5.74, 6) is 0.480. The number of hydrogen-bond donors (Lipinski definition) is 1. The fourth-order valence-electron chi connectivity index (χ4n) is 2.58. The lowest BCUT2D eigenvalue weighted by atomic mass is 10.2. The molecule has 0 aliphatic carbocycles. The Bertz CT molecular complexity index is 1010. The van der Waals surface area contributed by atoms with Gasteiger partial charge in [-0.3, -0.25) is 4.79 Å². The van der Waals surface area contributed by atoms with E-state index in [1.807, 2.05) is 31.2 Å². The third-order valence-corrected chi connectivity index (χ3v) is 4.55. The number of anilines is 1. The Morgan fingerprint density at radius 3 is 2.86 bits per heavy atom. The van der Waals surface area contributed by atoms with Crippen LogP contribution in [-0.4, -0.2) is 27.3 Å². The highest BCUT2D eigenvalue weighted by Gasteiger charge is 2.17. The van der Waals surface area contributed by atoms with Crippen molar-refractivity contribution in [3.8, 4) is 17.5 Å². The van der Waals surface area contributed by atoms with Gasteiger partial charge in [0.15, 0.2) is 11.6 Å². The number of pyridine rings is 1. The molecule has 2 heterocycles. The highest BCUT2D eigenvalue weighted by atomic mass is 79.9. The molecule has 3 rings (SSSR count). The summed E-state index contributed by atoms with van der Waals surface area (Å²) < 4.78 is 8.31. The minimum Gasteiger partial charge on any atom is -0.490 e. The van der Waals surface area contributed by atoms with Crippen molar-refractivity contribution >= 4 is 27.7 Å². The number of nitrogens with one attached hydrogen (secondary N) is 1. The van der Waals surface area contributed by atoms with Gasteiger partial charge in [-0.05, 0) is 49.7 Å². The number of benzene rings is 1. The molecule has 0 atom stereocenters. The highest BCUT2D eigenvalue weighted by molar-refractivity contribution is 9.10. The molecule has 0 fully saturated rings. The number of hydrogen-bond acceptors (Lipinski definition) is 5. The fraction of sp³-hybridized carbons (Fsp3) is 0.200. The minimum atomic E-state index is -0.318. The van der Waals surface area contributed by atoms with Crippen LogP contribution in [0.5, 0.6) is 5.75 Å². The van der Waals surface area contributed by atoms with Crippen molar-refractivity contribution in [1.82, 2.24) is 14.8 Å². The zero-order valence-corrected chi connectivity index (χ0v) is 16.8. The van der Waals surface area contributed by atoms with Crippen LogP contribution in [0.4, 0.5) is 5.82 Å². The molecule has 0 spiro atoms.